The fraction of sp³-hybridized carbons (Fsp3) is 0.500. The van der Waals surface area contributed by atoms with Crippen LogP contribution in [0, 0.1) is 6.92 Å². The Bertz CT molecular complexity index is 407. The third-order valence-electron chi connectivity index (χ3n) is 2.76. The first-order valence-corrected chi connectivity index (χ1v) is 6.55. The molecule has 0 saturated heterocycles. The normalized spacial score (nSPS) is 10.2. The summed E-state index contributed by atoms with van der Waals surface area (Å²) in [5.74, 6) is 0.671. The number of carbonyl (C=O) groups excluding carboxylic acids is 1. The van der Waals surface area contributed by atoms with Crippen LogP contribution in [0.25, 0.3) is 0 Å². The lowest BCUT2D eigenvalue weighted by molar-refractivity contribution is -0.132. The average molecular weight is 270 g/mol. The van der Waals surface area contributed by atoms with Crippen LogP contribution >= 0.6 is 11.6 Å². The van der Waals surface area contributed by atoms with E-state index in [0.29, 0.717) is 10.8 Å². The molecular weight excluding hydrogens is 250 g/mol. The van der Waals surface area contributed by atoms with Crippen LogP contribution in [0.3, 0.4) is 0 Å². The molecule has 0 heterocycles. The maximum absolute atomic E-state index is 11.7. The highest BCUT2D eigenvalue weighted by molar-refractivity contribution is 6.31. The largest absolute Gasteiger partial charge is 0.484 e. The Morgan fingerprint density at radius 3 is 2.78 bits per heavy atom. The molecule has 1 aromatic rings. The quantitative estimate of drug-likeness (QED) is 0.793. The Morgan fingerprint density at radius 2 is 2.17 bits per heavy atom. The number of likely N-dealkylation sites (N-methyl/N-ethyl adjacent to an activating group) is 1. The highest BCUT2D eigenvalue weighted by Gasteiger charge is 2.09. The fourth-order valence-electron chi connectivity index (χ4n) is 1.48. The molecule has 0 fully saturated rings. The Hall–Kier alpha value is -1.22. The number of carbonyl (C=O) groups is 1. The zero-order chi connectivity index (χ0) is 13.5. The van der Waals surface area contributed by atoms with Crippen LogP contribution in [0.5, 0.6) is 5.75 Å². The molecule has 4 heteroatoms. The highest BCUT2D eigenvalue weighted by Crippen LogP contribution is 2.20. The van der Waals surface area contributed by atoms with Crippen LogP contribution in [-0.2, 0) is 4.79 Å². The molecule has 0 bridgehead atoms. The standard InChI is InChI=1S/C14H20ClNO2/c1-4-5-8-16(3)14(17)10-18-12-6-7-13(15)11(2)9-12/h6-7,9H,4-5,8,10H2,1-3H3. The van der Waals surface area contributed by atoms with Crippen molar-refractivity contribution in [2.24, 2.45) is 0 Å². The van der Waals surface area contributed by atoms with Crippen molar-refractivity contribution in [1.82, 2.24) is 4.90 Å². The zero-order valence-corrected chi connectivity index (χ0v) is 12.0. The first-order valence-electron chi connectivity index (χ1n) is 6.17. The van der Waals surface area contributed by atoms with Crippen LogP contribution in [0.1, 0.15) is 25.3 Å². The SMILES string of the molecule is CCCCN(C)C(=O)COc1ccc(Cl)c(C)c1. The molecule has 0 saturated carbocycles. The van der Waals surface area contributed by atoms with Crippen molar-refractivity contribution in [3.8, 4) is 5.75 Å². The van der Waals surface area contributed by atoms with Gasteiger partial charge in [0.2, 0.25) is 0 Å². The van der Waals surface area contributed by atoms with Crippen molar-refractivity contribution in [3.63, 3.8) is 0 Å². The van der Waals surface area contributed by atoms with Gasteiger partial charge in [-0.15, -0.1) is 0 Å². The van der Waals surface area contributed by atoms with Crippen LogP contribution in [0.4, 0.5) is 0 Å². The number of rotatable bonds is 6. The number of hydrogen-bond donors (Lipinski definition) is 0. The van der Waals surface area contributed by atoms with E-state index in [2.05, 4.69) is 6.92 Å². The van der Waals surface area contributed by atoms with Crippen molar-refractivity contribution in [2.45, 2.75) is 26.7 Å². The molecule has 0 N–H and O–H groups in total. The lowest BCUT2D eigenvalue weighted by Crippen LogP contribution is -2.32. The van der Waals surface area contributed by atoms with Crippen LogP contribution in [0.2, 0.25) is 5.02 Å². The summed E-state index contributed by atoms with van der Waals surface area (Å²) in [5, 5.41) is 0.703. The number of halogens is 1. The van der Waals surface area contributed by atoms with Gasteiger partial charge in [0.15, 0.2) is 6.61 Å². The number of nitrogens with zero attached hydrogens (tertiary/aromatic N) is 1. The van der Waals surface area contributed by atoms with Gasteiger partial charge in [0.05, 0.1) is 0 Å². The minimum absolute atomic E-state index is 0.00365. The Morgan fingerprint density at radius 1 is 1.44 bits per heavy atom. The molecule has 1 aromatic carbocycles. The topological polar surface area (TPSA) is 29.5 Å². The van der Waals surface area contributed by atoms with Gasteiger partial charge in [-0.1, -0.05) is 24.9 Å². The number of benzene rings is 1. The van der Waals surface area contributed by atoms with Gasteiger partial charge in [0.1, 0.15) is 5.75 Å². The monoisotopic (exact) mass is 269 g/mol. The van der Waals surface area contributed by atoms with Crippen LogP contribution in [-0.4, -0.2) is 31.0 Å². The summed E-state index contributed by atoms with van der Waals surface area (Å²) in [6, 6.07) is 5.38. The molecule has 18 heavy (non-hydrogen) atoms. The molecule has 0 aliphatic carbocycles. The van der Waals surface area contributed by atoms with Crippen molar-refractivity contribution in [3.05, 3.63) is 28.8 Å². The van der Waals surface area contributed by atoms with Crippen molar-refractivity contribution in [2.75, 3.05) is 20.2 Å². The van der Waals surface area contributed by atoms with E-state index in [0.717, 1.165) is 24.9 Å². The minimum Gasteiger partial charge on any atom is -0.484 e. The lowest BCUT2D eigenvalue weighted by Gasteiger charge is -2.17. The summed E-state index contributed by atoms with van der Waals surface area (Å²) < 4.78 is 5.45. The predicted molar refractivity (Wildman–Crippen MR) is 74.2 cm³/mol. The summed E-state index contributed by atoms with van der Waals surface area (Å²) in [5.41, 5.74) is 0.945. The second-order valence-corrected chi connectivity index (χ2v) is 4.78. The molecule has 0 unspecified atom stereocenters. The van der Waals surface area contributed by atoms with Crippen LogP contribution < -0.4 is 4.74 Å². The predicted octanol–water partition coefficient (Wildman–Crippen LogP) is 3.29. The Kier molecular flexibility index (Phi) is 5.99. The molecule has 0 aromatic heterocycles. The zero-order valence-electron chi connectivity index (χ0n) is 11.2. The molecule has 0 aliphatic rings. The highest BCUT2D eigenvalue weighted by atomic mass is 35.5. The summed E-state index contributed by atoms with van der Waals surface area (Å²) in [6.45, 7) is 4.86. The molecule has 0 spiro atoms. The third-order valence-corrected chi connectivity index (χ3v) is 3.19. The maximum atomic E-state index is 11.7. The van der Waals surface area contributed by atoms with Gasteiger partial charge in [0.25, 0.3) is 5.91 Å². The second-order valence-electron chi connectivity index (χ2n) is 4.37. The Labute approximate surface area is 114 Å². The molecule has 0 aliphatic heterocycles. The molecule has 0 radical (unpaired) electrons. The van der Waals surface area contributed by atoms with Gasteiger partial charge in [0, 0.05) is 18.6 Å². The molecule has 3 nitrogen and oxygen atoms in total. The summed E-state index contributed by atoms with van der Waals surface area (Å²) in [7, 11) is 1.80. The van der Waals surface area contributed by atoms with Crippen molar-refractivity contribution < 1.29 is 9.53 Å². The van der Waals surface area contributed by atoms with Gasteiger partial charge >= 0.3 is 0 Å². The van der Waals surface area contributed by atoms with Crippen LogP contribution in [0.15, 0.2) is 18.2 Å². The van der Waals surface area contributed by atoms with E-state index >= 15 is 0 Å². The van der Waals surface area contributed by atoms with Crippen molar-refractivity contribution >= 4 is 17.5 Å². The van der Waals surface area contributed by atoms with Gasteiger partial charge < -0.3 is 9.64 Å². The lowest BCUT2D eigenvalue weighted by atomic mass is 10.2. The van der Waals surface area contributed by atoms with Gasteiger partial charge in [-0.2, -0.15) is 0 Å². The summed E-state index contributed by atoms with van der Waals surface area (Å²) >= 11 is 5.92. The molecule has 0 atom stereocenters. The number of aryl methyl sites for hydroxylation is 1. The smallest absolute Gasteiger partial charge is 0.260 e. The van der Waals surface area contributed by atoms with E-state index < -0.39 is 0 Å². The van der Waals surface area contributed by atoms with E-state index in [-0.39, 0.29) is 12.5 Å². The third kappa shape index (κ3) is 4.57. The number of ether oxygens (including phenoxy) is 1. The molecule has 100 valence electrons. The Balaban J connectivity index is 2.44. The minimum atomic E-state index is -0.00365. The summed E-state index contributed by atoms with van der Waals surface area (Å²) in [6.07, 6.45) is 2.09. The van der Waals surface area contributed by atoms with E-state index in [1.54, 1.807) is 24.1 Å². The first-order chi connectivity index (χ1) is 8.54. The van der Waals surface area contributed by atoms with E-state index in [1.807, 2.05) is 13.0 Å². The molecule has 1 rings (SSSR count). The molecule has 1 amide bonds. The molecular formula is C14H20ClNO2. The van der Waals surface area contributed by atoms with Gasteiger partial charge in [-0.25, -0.2) is 0 Å². The van der Waals surface area contributed by atoms with E-state index in [1.165, 1.54) is 0 Å². The first kappa shape index (κ1) is 14.8. The average Bonchev–Trinajstić information content (AvgIpc) is 2.36. The second kappa shape index (κ2) is 7.27. The fourth-order valence-corrected chi connectivity index (χ4v) is 1.60. The van der Waals surface area contributed by atoms with E-state index in [4.69, 9.17) is 16.3 Å². The number of unbranched alkanes of at least 4 members (excludes halogenated alkanes) is 1. The number of hydrogen-bond acceptors (Lipinski definition) is 2. The van der Waals surface area contributed by atoms with Crippen molar-refractivity contribution in [1.29, 1.82) is 0 Å². The summed E-state index contributed by atoms with van der Waals surface area (Å²) in [4.78, 5) is 13.4. The number of amides is 1. The van der Waals surface area contributed by atoms with E-state index in [9.17, 15) is 4.79 Å². The van der Waals surface area contributed by atoms with Gasteiger partial charge in [-0.05, 0) is 37.1 Å². The van der Waals surface area contributed by atoms with Gasteiger partial charge in [-0.3, -0.25) is 4.79 Å². The maximum Gasteiger partial charge on any atom is 0.260 e.